The summed E-state index contributed by atoms with van der Waals surface area (Å²) < 4.78 is 32.0. The molecule has 1 aromatic heterocycles. The van der Waals surface area contributed by atoms with E-state index in [0.717, 1.165) is 21.3 Å². The van der Waals surface area contributed by atoms with Crippen LogP contribution in [-0.2, 0) is 10.0 Å². The van der Waals surface area contributed by atoms with Crippen molar-refractivity contribution in [1.82, 2.24) is 9.29 Å². The van der Waals surface area contributed by atoms with E-state index < -0.39 is 10.0 Å². The van der Waals surface area contributed by atoms with Crippen molar-refractivity contribution in [2.45, 2.75) is 9.24 Å². The molecule has 0 aliphatic carbocycles. The highest BCUT2D eigenvalue weighted by Crippen LogP contribution is 2.28. The van der Waals surface area contributed by atoms with E-state index in [1.54, 1.807) is 47.4 Å². The molecule has 0 bridgehead atoms. The van der Waals surface area contributed by atoms with Crippen LogP contribution in [0.4, 0.5) is 0 Å². The Morgan fingerprint density at radius 1 is 1.07 bits per heavy atom. The van der Waals surface area contributed by atoms with Gasteiger partial charge >= 0.3 is 0 Å². The lowest BCUT2D eigenvalue weighted by Gasteiger charge is -2.12. The Balaban J connectivity index is 1.49. The normalized spacial score (nSPS) is 11.7. The van der Waals surface area contributed by atoms with Crippen LogP contribution in [0, 0.1) is 0 Å². The molecule has 0 fully saturated rings. The maximum absolute atomic E-state index is 12.0. The number of thiazole rings is 1. The van der Waals surface area contributed by atoms with Crippen molar-refractivity contribution in [2.75, 3.05) is 26.5 Å². The van der Waals surface area contributed by atoms with Gasteiger partial charge in [-0.15, -0.1) is 11.3 Å². The minimum Gasteiger partial charge on any atom is -0.493 e. The number of benzene rings is 2. The Morgan fingerprint density at radius 3 is 2.44 bits per heavy atom. The van der Waals surface area contributed by atoms with Gasteiger partial charge in [-0.25, -0.2) is 17.7 Å². The van der Waals surface area contributed by atoms with Crippen molar-refractivity contribution < 1.29 is 13.2 Å². The second-order valence-electron chi connectivity index (χ2n) is 5.82. The van der Waals surface area contributed by atoms with E-state index in [1.165, 1.54) is 18.4 Å². The topological polar surface area (TPSA) is 59.5 Å². The van der Waals surface area contributed by atoms with Crippen LogP contribution in [0.5, 0.6) is 5.75 Å². The van der Waals surface area contributed by atoms with E-state index in [1.807, 2.05) is 30.3 Å². The lowest BCUT2D eigenvalue weighted by Crippen LogP contribution is -2.22. The summed E-state index contributed by atoms with van der Waals surface area (Å²) in [6.07, 6.45) is 0. The number of nitrogens with zero attached hydrogens (tertiary/aromatic N) is 2. The Kier molecular flexibility index (Phi) is 6.54. The summed E-state index contributed by atoms with van der Waals surface area (Å²) in [4.78, 5) is 4.89. The van der Waals surface area contributed by atoms with Gasteiger partial charge in [0.2, 0.25) is 10.0 Å². The van der Waals surface area contributed by atoms with E-state index in [9.17, 15) is 8.42 Å². The molecule has 0 spiro atoms. The minimum atomic E-state index is -3.41. The van der Waals surface area contributed by atoms with Crippen LogP contribution < -0.4 is 4.74 Å². The van der Waals surface area contributed by atoms with Gasteiger partial charge in [-0.05, 0) is 24.3 Å². The summed E-state index contributed by atoms with van der Waals surface area (Å²) in [5.74, 6) is 1.41. The van der Waals surface area contributed by atoms with Gasteiger partial charge in [0.05, 0.1) is 17.2 Å². The molecule has 0 aliphatic heterocycles. The first-order valence-corrected chi connectivity index (χ1v) is 11.6. The average Bonchev–Trinajstić information content (AvgIpc) is 3.15. The fraction of sp³-hybridized carbons (Fsp3) is 0.211. The first-order chi connectivity index (χ1) is 13.0. The van der Waals surface area contributed by atoms with Gasteiger partial charge in [-0.2, -0.15) is 0 Å². The zero-order valence-electron chi connectivity index (χ0n) is 15.0. The van der Waals surface area contributed by atoms with Crippen LogP contribution in [0.25, 0.3) is 11.3 Å². The standard InChI is InChI=1S/C19H20N2O3S3/c1-21(2)27(22,23)17-10-8-16(9-11-17)24-12-13-25-19-20-18(14-26-19)15-6-4-3-5-7-15/h3-11,14H,12-13H2,1-2H3. The van der Waals surface area contributed by atoms with Gasteiger partial charge in [-0.1, -0.05) is 42.1 Å². The zero-order valence-corrected chi connectivity index (χ0v) is 17.5. The highest BCUT2D eigenvalue weighted by atomic mass is 32.2. The molecule has 3 rings (SSSR count). The fourth-order valence-electron chi connectivity index (χ4n) is 2.27. The third kappa shape index (κ3) is 5.10. The Morgan fingerprint density at radius 2 is 1.78 bits per heavy atom. The smallest absolute Gasteiger partial charge is 0.242 e. The molecule has 3 aromatic rings. The molecule has 1 heterocycles. The molecule has 0 N–H and O–H groups in total. The molecule has 27 heavy (non-hydrogen) atoms. The molecule has 0 amide bonds. The number of rotatable bonds is 8. The molecular formula is C19H20N2O3S3. The predicted molar refractivity (Wildman–Crippen MR) is 111 cm³/mol. The first kappa shape index (κ1) is 19.9. The Hall–Kier alpha value is -1.87. The van der Waals surface area contributed by atoms with Gasteiger partial charge in [-0.3, -0.25) is 0 Å². The summed E-state index contributed by atoms with van der Waals surface area (Å²) >= 11 is 3.27. The molecule has 8 heteroatoms. The monoisotopic (exact) mass is 420 g/mol. The first-order valence-electron chi connectivity index (χ1n) is 8.26. The SMILES string of the molecule is CN(C)S(=O)(=O)c1ccc(OCCSc2nc(-c3ccccc3)cs2)cc1. The summed E-state index contributed by atoms with van der Waals surface area (Å²) in [5, 5.41) is 2.06. The fourth-order valence-corrected chi connectivity index (χ4v) is 4.90. The van der Waals surface area contributed by atoms with E-state index in [-0.39, 0.29) is 4.90 Å². The molecule has 0 saturated carbocycles. The van der Waals surface area contributed by atoms with Crippen molar-refractivity contribution in [2.24, 2.45) is 0 Å². The highest BCUT2D eigenvalue weighted by molar-refractivity contribution is 8.01. The molecule has 142 valence electrons. The van der Waals surface area contributed by atoms with Crippen molar-refractivity contribution in [3.63, 3.8) is 0 Å². The lowest BCUT2D eigenvalue weighted by atomic mass is 10.2. The van der Waals surface area contributed by atoms with E-state index in [2.05, 4.69) is 10.4 Å². The molecular weight excluding hydrogens is 400 g/mol. The number of hydrogen-bond acceptors (Lipinski definition) is 6. The van der Waals surface area contributed by atoms with Gasteiger partial charge in [0.1, 0.15) is 5.75 Å². The summed E-state index contributed by atoms with van der Waals surface area (Å²) in [6.45, 7) is 0.519. The molecule has 0 atom stereocenters. The number of sulfonamides is 1. The zero-order chi connectivity index (χ0) is 19.3. The Bertz CT molecular complexity index is 969. The summed E-state index contributed by atoms with van der Waals surface area (Å²) in [5.41, 5.74) is 2.10. The van der Waals surface area contributed by atoms with Gasteiger partial charge in [0.15, 0.2) is 4.34 Å². The second-order valence-corrected chi connectivity index (χ2v) is 10.2. The largest absolute Gasteiger partial charge is 0.493 e. The second kappa shape index (κ2) is 8.88. The molecule has 2 aromatic carbocycles. The van der Waals surface area contributed by atoms with Crippen molar-refractivity contribution in [3.05, 3.63) is 60.0 Å². The van der Waals surface area contributed by atoms with Crippen molar-refractivity contribution in [1.29, 1.82) is 0 Å². The minimum absolute atomic E-state index is 0.255. The van der Waals surface area contributed by atoms with Crippen LogP contribution >= 0.6 is 23.1 Å². The molecule has 0 saturated heterocycles. The third-order valence-electron chi connectivity index (χ3n) is 3.73. The van der Waals surface area contributed by atoms with Crippen LogP contribution in [0.1, 0.15) is 0 Å². The van der Waals surface area contributed by atoms with E-state index in [4.69, 9.17) is 4.74 Å². The van der Waals surface area contributed by atoms with Gasteiger partial charge in [0, 0.05) is 30.8 Å². The summed E-state index contributed by atoms with van der Waals surface area (Å²) in [7, 11) is -0.383. The third-order valence-corrected chi connectivity index (χ3v) is 7.55. The maximum atomic E-state index is 12.0. The van der Waals surface area contributed by atoms with Crippen LogP contribution in [0.2, 0.25) is 0 Å². The van der Waals surface area contributed by atoms with Crippen molar-refractivity contribution in [3.8, 4) is 17.0 Å². The van der Waals surface area contributed by atoms with Crippen molar-refractivity contribution >= 4 is 33.1 Å². The van der Waals surface area contributed by atoms with Crippen LogP contribution in [0.15, 0.2) is 69.2 Å². The van der Waals surface area contributed by atoms with E-state index >= 15 is 0 Å². The predicted octanol–water partition coefficient (Wildman–Crippen LogP) is 4.23. The molecule has 0 aliphatic rings. The van der Waals surface area contributed by atoms with Crippen LogP contribution in [0.3, 0.4) is 0 Å². The quantitative estimate of drug-likeness (QED) is 0.403. The van der Waals surface area contributed by atoms with E-state index in [0.29, 0.717) is 12.4 Å². The number of aromatic nitrogens is 1. The number of thioether (sulfide) groups is 1. The highest BCUT2D eigenvalue weighted by Gasteiger charge is 2.16. The van der Waals surface area contributed by atoms with Gasteiger partial charge < -0.3 is 4.74 Å². The average molecular weight is 421 g/mol. The Labute approximate surface area is 168 Å². The number of hydrogen-bond donors (Lipinski definition) is 0. The maximum Gasteiger partial charge on any atom is 0.242 e. The lowest BCUT2D eigenvalue weighted by molar-refractivity contribution is 0.343. The molecule has 0 unspecified atom stereocenters. The molecule has 0 radical (unpaired) electrons. The van der Waals surface area contributed by atoms with Crippen LogP contribution in [-0.4, -0.2) is 44.2 Å². The molecule has 5 nitrogen and oxygen atoms in total. The van der Waals surface area contributed by atoms with Gasteiger partial charge in [0.25, 0.3) is 0 Å². The summed E-state index contributed by atoms with van der Waals surface area (Å²) in [6, 6.07) is 16.6. The number of ether oxygens (including phenoxy) is 1.